The van der Waals surface area contributed by atoms with Gasteiger partial charge in [0.15, 0.2) is 6.61 Å². The fourth-order valence-corrected chi connectivity index (χ4v) is 4.67. The van der Waals surface area contributed by atoms with Crippen LogP contribution in [0.25, 0.3) is 10.6 Å². The monoisotopic (exact) mass is 469 g/mol. The number of hydrogen-bond acceptors (Lipinski definition) is 6. The van der Waals surface area contributed by atoms with E-state index in [2.05, 4.69) is 22.0 Å². The number of benzene rings is 2. The van der Waals surface area contributed by atoms with Crippen LogP contribution < -0.4 is 0 Å². The number of hydrogen-bond donors (Lipinski definition) is 0. The third-order valence-electron chi connectivity index (χ3n) is 5.37. The Labute approximate surface area is 196 Å². The topological polar surface area (TPSA) is 62.7 Å². The van der Waals surface area contributed by atoms with Crippen molar-refractivity contribution in [3.8, 4) is 10.6 Å². The van der Waals surface area contributed by atoms with Crippen molar-refractivity contribution in [2.24, 2.45) is 0 Å². The van der Waals surface area contributed by atoms with Crippen molar-refractivity contribution in [3.05, 3.63) is 75.8 Å². The number of carbonyl (C=O) groups excluding carboxylic acids is 2. The van der Waals surface area contributed by atoms with Gasteiger partial charge in [-0.15, -0.1) is 11.3 Å². The highest BCUT2D eigenvalue weighted by atomic mass is 35.5. The van der Waals surface area contributed by atoms with E-state index in [1.807, 2.05) is 30.3 Å². The molecule has 0 aliphatic carbocycles. The first kappa shape index (κ1) is 22.5. The molecule has 0 unspecified atom stereocenters. The van der Waals surface area contributed by atoms with Crippen molar-refractivity contribution in [1.82, 2.24) is 14.8 Å². The number of esters is 1. The predicted octanol–water partition coefficient (Wildman–Crippen LogP) is 4.27. The Morgan fingerprint density at radius 1 is 1.03 bits per heavy atom. The molecule has 0 spiro atoms. The molecule has 2 aromatic carbocycles. The van der Waals surface area contributed by atoms with Gasteiger partial charge in [0.1, 0.15) is 9.88 Å². The van der Waals surface area contributed by atoms with E-state index in [1.165, 1.54) is 16.9 Å². The molecule has 32 heavy (non-hydrogen) atoms. The van der Waals surface area contributed by atoms with Crippen LogP contribution in [0.5, 0.6) is 0 Å². The molecule has 1 aromatic heterocycles. The van der Waals surface area contributed by atoms with E-state index in [-0.39, 0.29) is 12.5 Å². The van der Waals surface area contributed by atoms with Crippen LogP contribution in [0, 0.1) is 6.92 Å². The molecule has 0 radical (unpaired) electrons. The molecule has 6 nitrogen and oxygen atoms in total. The number of aromatic nitrogens is 1. The van der Waals surface area contributed by atoms with E-state index in [9.17, 15) is 9.59 Å². The molecular weight excluding hydrogens is 446 g/mol. The lowest BCUT2D eigenvalue weighted by atomic mass is 10.2. The average molecular weight is 470 g/mol. The number of aryl methyl sites for hydroxylation is 1. The molecule has 0 atom stereocenters. The smallest absolute Gasteiger partial charge is 0.350 e. The number of carbonyl (C=O) groups is 2. The molecule has 0 bridgehead atoms. The first-order valence-corrected chi connectivity index (χ1v) is 11.6. The number of halogens is 1. The minimum absolute atomic E-state index is 0.169. The van der Waals surface area contributed by atoms with Gasteiger partial charge < -0.3 is 9.64 Å². The maximum absolute atomic E-state index is 12.6. The summed E-state index contributed by atoms with van der Waals surface area (Å²) < 4.78 is 5.32. The zero-order valence-corrected chi connectivity index (χ0v) is 19.4. The zero-order valence-electron chi connectivity index (χ0n) is 17.8. The molecule has 8 heteroatoms. The zero-order chi connectivity index (χ0) is 22.5. The first-order chi connectivity index (χ1) is 15.5. The number of rotatable bonds is 6. The molecule has 4 rings (SSSR count). The fraction of sp³-hybridized carbons (Fsp3) is 0.292. The second kappa shape index (κ2) is 10.3. The maximum Gasteiger partial charge on any atom is 0.350 e. The summed E-state index contributed by atoms with van der Waals surface area (Å²) >= 11 is 7.19. The van der Waals surface area contributed by atoms with Crippen molar-refractivity contribution < 1.29 is 14.3 Å². The molecule has 1 aliphatic heterocycles. The molecule has 0 saturated carbocycles. The van der Waals surface area contributed by atoms with Gasteiger partial charge in [-0.25, -0.2) is 9.78 Å². The highest BCUT2D eigenvalue weighted by Gasteiger charge is 2.24. The third kappa shape index (κ3) is 5.54. The van der Waals surface area contributed by atoms with Gasteiger partial charge in [-0.3, -0.25) is 9.69 Å². The second-order valence-electron chi connectivity index (χ2n) is 7.66. The van der Waals surface area contributed by atoms with Crippen molar-refractivity contribution >= 4 is 34.8 Å². The predicted molar refractivity (Wildman–Crippen MR) is 126 cm³/mol. The summed E-state index contributed by atoms with van der Waals surface area (Å²) in [6.45, 7) is 5.23. The van der Waals surface area contributed by atoms with E-state index in [4.69, 9.17) is 16.3 Å². The van der Waals surface area contributed by atoms with Gasteiger partial charge in [-0.05, 0) is 24.6 Å². The van der Waals surface area contributed by atoms with Gasteiger partial charge in [0.05, 0.1) is 5.69 Å². The minimum Gasteiger partial charge on any atom is -0.451 e. The summed E-state index contributed by atoms with van der Waals surface area (Å²) in [7, 11) is 0. The fourth-order valence-electron chi connectivity index (χ4n) is 3.58. The van der Waals surface area contributed by atoms with Gasteiger partial charge in [0, 0.05) is 43.3 Å². The second-order valence-corrected chi connectivity index (χ2v) is 9.09. The number of amides is 1. The largest absolute Gasteiger partial charge is 0.451 e. The molecular formula is C24H24ClN3O3S. The van der Waals surface area contributed by atoms with Crippen molar-refractivity contribution in [1.29, 1.82) is 0 Å². The highest BCUT2D eigenvalue weighted by molar-refractivity contribution is 7.17. The molecule has 2 heterocycles. The van der Waals surface area contributed by atoms with Crippen LogP contribution in [-0.2, 0) is 16.1 Å². The van der Waals surface area contributed by atoms with Crippen molar-refractivity contribution in [2.75, 3.05) is 32.8 Å². The van der Waals surface area contributed by atoms with E-state index in [1.54, 1.807) is 24.0 Å². The Morgan fingerprint density at radius 2 is 1.72 bits per heavy atom. The Balaban J connectivity index is 1.27. The van der Waals surface area contributed by atoms with Gasteiger partial charge in [0.2, 0.25) is 0 Å². The van der Waals surface area contributed by atoms with E-state index >= 15 is 0 Å². The van der Waals surface area contributed by atoms with Crippen LogP contribution in [0.2, 0.25) is 5.02 Å². The van der Waals surface area contributed by atoms with Gasteiger partial charge in [0.25, 0.3) is 5.91 Å². The lowest BCUT2D eigenvalue weighted by molar-refractivity contribution is -0.136. The normalized spacial score (nSPS) is 14.4. The minimum atomic E-state index is -0.517. The molecule has 1 amide bonds. The van der Waals surface area contributed by atoms with E-state index < -0.39 is 5.97 Å². The Hall–Kier alpha value is -2.74. The molecule has 3 aromatic rings. The Kier molecular flexibility index (Phi) is 7.19. The quantitative estimate of drug-likeness (QED) is 0.504. The average Bonchev–Trinajstić information content (AvgIpc) is 3.20. The van der Waals surface area contributed by atoms with Gasteiger partial charge in [-0.2, -0.15) is 0 Å². The van der Waals surface area contributed by atoms with Crippen LogP contribution in [0.15, 0.2) is 54.6 Å². The SMILES string of the molecule is Cc1nc(-c2ccc(Cl)cc2)sc1C(=O)OCC(=O)N1CCN(Cc2ccccc2)CC1. The summed E-state index contributed by atoms with van der Waals surface area (Å²) in [4.78, 5) is 34.1. The Bertz CT molecular complexity index is 1080. The number of ether oxygens (including phenoxy) is 1. The number of thiazole rings is 1. The summed E-state index contributed by atoms with van der Waals surface area (Å²) in [5, 5.41) is 1.35. The lowest BCUT2D eigenvalue weighted by Crippen LogP contribution is -2.49. The van der Waals surface area contributed by atoms with Crippen LogP contribution in [-0.4, -0.2) is 59.4 Å². The van der Waals surface area contributed by atoms with Crippen LogP contribution in [0.1, 0.15) is 20.9 Å². The summed E-state index contributed by atoms with van der Waals surface area (Å²) in [6, 6.07) is 17.6. The summed E-state index contributed by atoms with van der Waals surface area (Å²) in [5.41, 5.74) is 2.73. The Morgan fingerprint density at radius 3 is 2.41 bits per heavy atom. The highest BCUT2D eigenvalue weighted by Crippen LogP contribution is 2.29. The first-order valence-electron chi connectivity index (χ1n) is 10.4. The molecule has 1 fully saturated rings. The molecule has 1 aliphatic rings. The van der Waals surface area contributed by atoms with Gasteiger partial charge in [-0.1, -0.05) is 54.1 Å². The van der Waals surface area contributed by atoms with Gasteiger partial charge >= 0.3 is 5.97 Å². The van der Waals surface area contributed by atoms with Crippen molar-refractivity contribution in [3.63, 3.8) is 0 Å². The molecule has 0 N–H and O–H groups in total. The maximum atomic E-state index is 12.6. The number of nitrogens with zero attached hydrogens (tertiary/aromatic N) is 3. The van der Waals surface area contributed by atoms with Crippen LogP contribution in [0.3, 0.4) is 0 Å². The number of piperazine rings is 1. The van der Waals surface area contributed by atoms with E-state index in [0.717, 1.165) is 25.2 Å². The van der Waals surface area contributed by atoms with Crippen LogP contribution in [0.4, 0.5) is 0 Å². The van der Waals surface area contributed by atoms with Crippen molar-refractivity contribution in [2.45, 2.75) is 13.5 Å². The molecule has 166 valence electrons. The third-order valence-corrected chi connectivity index (χ3v) is 6.81. The standard InChI is InChI=1S/C24H24ClN3O3S/c1-17-22(32-23(26-17)19-7-9-20(25)10-8-19)24(30)31-16-21(29)28-13-11-27(12-14-28)15-18-5-3-2-4-6-18/h2-10H,11-16H2,1H3. The lowest BCUT2D eigenvalue weighted by Gasteiger charge is -2.34. The van der Waals surface area contributed by atoms with Crippen LogP contribution >= 0.6 is 22.9 Å². The summed E-state index contributed by atoms with van der Waals surface area (Å²) in [6.07, 6.45) is 0. The molecule has 1 saturated heterocycles. The summed E-state index contributed by atoms with van der Waals surface area (Å²) in [5.74, 6) is -0.686. The van der Waals surface area contributed by atoms with E-state index in [0.29, 0.717) is 33.7 Å².